The number of rotatable bonds is 3. The van der Waals surface area contributed by atoms with Crippen molar-refractivity contribution in [2.24, 2.45) is 0 Å². The van der Waals surface area contributed by atoms with Crippen molar-refractivity contribution < 1.29 is 4.79 Å². The number of hydrogen-bond donors (Lipinski definition) is 2. The third-order valence-electron chi connectivity index (χ3n) is 7.67. The molecule has 3 aliphatic rings. The van der Waals surface area contributed by atoms with Crippen molar-refractivity contribution in [1.29, 1.82) is 0 Å². The van der Waals surface area contributed by atoms with E-state index >= 15 is 0 Å². The predicted molar refractivity (Wildman–Crippen MR) is 132 cm³/mol. The molecule has 6 nitrogen and oxygen atoms in total. The molecule has 2 atom stereocenters. The fourth-order valence-corrected chi connectivity index (χ4v) is 5.65. The number of anilines is 2. The SMILES string of the molecule is CN1C2CCC1CN(c1ccc(-c3cnc(N)c(-c4ccc5c(c4)CCNC5=O)c3)cc1)C2. The summed E-state index contributed by atoms with van der Waals surface area (Å²) in [4.78, 5) is 21.7. The molecule has 2 fully saturated rings. The quantitative estimate of drug-likeness (QED) is 0.653. The second-order valence-electron chi connectivity index (χ2n) is 9.54. The van der Waals surface area contributed by atoms with Crippen molar-refractivity contribution in [3.63, 3.8) is 0 Å². The van der Waals surface area contributed by atoms with Crippen molar-refractivity contribution >= 4 is 17.4 Å². The number of pyridine rings is 1. The Bertz CT molecular complexity index is 1210. The summed E-state index contributed by atoms with van der Waals surface area (Å²) in [6, 6.07) is 18.2. The van der Waals surface area contributed by atoms with Crippen LogP contribution in [-0.4, -0.2) is 54.6 Å². The van der Waals surface area contributed by atoms with Crippen LogP contribution in [0.25, 0.3) is 22.3 Å². The van der Waals surface area contributed by atoms with Crippen LogP contribution in [-0.2, 0) is 6.42 Å². The zero-order valence-electron chi connectivity index (χ0n) is 18.9. The van der Waals surface area contributed by atoms with E-state index in [0.717, 1.165) is 52.9 Å². The minimum atomic E-state index is -0.00362. The fraction of sp³-hybridized carbons (Fsp3) is 0.333. The first-order valence-corrected chi connectivity index (χ1v) is 11.8. The summed E-state index contributed by atoms with van der Waals surface area (Å²) < 4.78 is 0. The minimum absolute atomic E-state index is 0.00362. The molecule has 6 rings (SSSR count). The highest BCUT2D eigenvalue weighted by Gasteiger charge is 2.37. The highest BCUT2D eigenvalue weighted by Crippen LogP contribution is 2.34. The second-order valence-corrected chi connectivity index (χ2v) is 9.54. The van der Waals surface area contributed by atoms with Crippen LogP contribution in [0.15, 0.2) is 54.7 Å². The standard InChI is InChI=1S/C27H29N5O/c1-31-22-7-8-23(31)16-32(15-22)21-5-2-17(3-6-21)20-13-25(26(28)30-14-20)18-4-9-24-19(12-18)10-11-29-27(24)33/h2-6,9,12-14,22-23H,7-8,10-11,15-16H2,1H3,(H2,28,30)(H,29,33). The summed E-state index contributed by atoms with van der Waals surface area (Å²) >= 11 is 0. The van der Waals surface area contributed by atoms with Crippen molar-refractivity contribution in [2.45, 2.75) is 31.3 Å². The molecule has 0 spiro atoms. The Kier molecular flexibility index (Phi) is 4.84. The van der Waals surface area contributed by atoms with Crippen molar-refractivity contribution in [2.75, 3.05) is 37.3 Å². The maximum Gasteiger partial charge on any atom is 0.251 e. The molecule has 3 aromatic rings. The van der Waals surface area contributed by atoms with Gasteiger partial charge in [-0.25, -0.2) is 4.98 Å². The van der Waals surface area contributed by atoms with Crippen LogP contribution >= 0.6 is 0 Å². The number of nitrogen functional groups attached to an aromatic ring is 1. The van der Waals surface area contributed by atoms with Gasteiger partial charge in [-0.05, 0) is 67.3 Å². The lowest BCUT2D eigenvalue weighted by Crippen LogP contribution is -2.51. The van der Waals surface area contributed by atoms with E-state index in [1.807, 2.05) is 18.3 Å². The lowest BCUT2D eigenvalue weighted by atomic mass is 9.94. The molecule has 33 heavy (non-hydrogen) atoms. The molecule has 3 N–H and O–H groups in total. The number of fused-ring (bicyclic) bond motifs is 3. The Hall–Kier alpha value is -3.38. The molecule has 1 aromatic heterocycles. The Balaban J connectivity index is 1.28. The van der Waals surface area contributed by atoms with Gasteiger partial charge in [-0.2, -0.15) is 0 Å². The van der Waals surface area contributed by atoms with Gasteiger partial charge < -0.3 is 16.0 Å². The van der Waals surface area contributed by atoms with Gasteiger partial charge in [0.2, 0.25) is 0 Å². The lowest BCUT2D eigenvalue weighted by Gasteiger charge is -2.40. The summed E-state index contributed by atoms with van der Waals surface area (Å²) in [5, 5.41) is 2.90. The molecular weight excluding hydrogens is 410 g/mol. The monoisotopic (exact) mass is 439 g/mol. The van der Waals surface area contributed by atoms with Crippen LogP contribution in [0.3, 0.4) is 0 Å². The maximum atomic E-state index is 12.1. The second kappa shape index (κ2) is 7.89. The minimum Gasteiger partial charge on any atom is -0.383 e. The smallest absolute Gasteiger partial charge is 0.251 e. The number of nitrogens with zero attached hydrogens (tertiary/aromatic N) is 3. The highest BCUT2D eigenvalue weighted by molar-refractivity contribution is 5.97. The number of nitrogens with one attached hydrogen (secondary N) is 1. The van der Waals surface area contributed by atoms with Crippen LogP contribution < -0.4 is 16.0 Å². The molecule has 6 heteroatoms. The Labute approximate surface area is 194 Å². The zero-order chi connectivity index (χ0) is 22.5. The van der Waals surface area contributed by atoms with E-state index in [2.05, 4.69) is 63.5 Å². The number of nitrogens with two attached hydrogens (primary N) is 1. The van der Waals surface area contributed by atoms with E-state index in [9.17, 15) is 4.79 Å². The van der Waals surface area contributed by atoms with E-state index in [4.69, 9.17) is 5.73 Å². The first kappa shape index (κ1) is 20.2. The third kappa shape index (κ3) is 3.55. The molecular formula is C27H29N5O. The molecule has 168 valence electrons. The van der Waals surface area contributed by atoms with Crippen molar-refractivity contribution in [3.8, 4) is 22.3 Å². The van der Waals surface area contributed by atoms with Crippen LogP contribution in [0.4, 0.5) is 11.5 Å². The number of piperazine rings is 1. The Morgan fingerprint density at radius 3 is 2.42 bits per heavy atom. The first-order valence-electron chi connectivity index (χ1n) is 11.8. The number of amides is 1. The molecule has 0 saturated carbocycles. The number of likely N-dealkylation sites (N-methyl/N-ethyl adjacent to an activating group) is 1. The summed E-state index contributed by atoms with van der Waals surface area (Å²) in [5.74, 6) is 0.500. The maximum absolute atomic E-state index is 12.1. The predicted octanol–water partition coefficient (Wildman–Crippen LogP) is 3.57. The van der Waals surface area contributed by atoms with Gasteiger partial charge in [-0.15, -0.1) is 0 Å². The normalized spacial score (nSPS) is 22.2. The summed E-state index contributed by atoms with van der Waals surface area (Å²) in [5.41, 5.74) is 13.4. The lowest BCUT2D eigenvalue weighted by molar-refractivity contribution is 0.0946. The largest absolute Gasteiger partial charge is 0.383 e. The molecule has 1 amide bonds. The summed E-state index contributed by atoms with van der Waals surface area (Å²) in [6.07, 6.45) is 5.29. The topological polar surface area (TPSA) is 74.5 Å². The number of hydrogen-bond acceptors (Lipinski definition) is 5. The first-order chi connectivity index (χ1) is 16.1. The third-order valence-corrected chi connectivity index (χ3v) is 7.67. The molecule has 3 aliphatic heterocycles. The zero-order valence-corrected chi connectivity index (χ0v) is 18.9. The number of aromatic nitrogens is 1. The average molecular weight is 440 g/mol. The van der Waals surface area contributed by atoms with E-state index < -0.39 is 0 Å². The van der Waals surface area contributed by atoms with Crippen LogP contribution in [0.2, 0.25) is 0 Å². The van der Waals surface area contributed by atoms with Crippen LogP contribution in [0.1, 0.15) is 28.8 Å². The Morgan fingerprint density at radius 1 is 0.939 bits per heavy atom. The fourth-order valence-electron chi connectivity index (χ4n) is 5.65. The van der Waals surface area contributed by atoms with Gasteiger partial charge in [0.25, 0.3) is 5.91 Å². The van der Waals surface area contributed by atoms with Gasteiger partial charge in [-0.1, -0.05) is 24.3 Å². The molecule has 0 radical (unpaired) electrons. The Morgan fingerprint density at radius 2 is 1.67 bits per heavy atom. The molecule has 2 saturated heterocycles. The van der Waals surface area contributed by atoms with E-state index in [-0.39, 0.29) is 5.91 Å². The van der Waals surface area contributed by atoms with E-state index in [1.54, 1.807) is 0 Å². The highest BCUT2D eigenvalue weighted by atomic mass is 16.1. The van der Waals surface area contributed by atoms with E-state index in [0.29, 0.717) is 24.4 Å². The van der Waals surface area contributed by atoms with Crippen LogP contribution in [0.5, 0.6) is 0 Å². The molecule has 4 heterocycles. The van der Waals surface area contributed by atoms with Gasteiger partial charge in [0.15, 0.2) is 0 Å². The summed E-state index contributed by atoms with van der Waals surface area (Å²) in [6.45, 7) is 2.89. The average Bonchev–Trinajstić information content (AvgIpc) is 3.04. The number of benzene rings is 2. The molecule has 2 aromatic carbocycles. The van der Waals surface area contributed by atoms with E-state index in [1.165, 1.54) is 18.5 Å². The molecule has 2 unspecified atom stereocenters. The van der Waals surface area contributed by atoms with Crippen molar-refractivity contribution in [1.82, 2.24) is 15.2 Å². The molecule has 0 aliphatic carbocycles. The van der Waals surface area contributed by atoms with Gasteiger partial charge in [0, 0.05) is 60.3 Å². The van der Waals surface area contributed by atoms with Crippen LogP contribution in [0, 0.1) is 0 Å². The summed E-state index contributed by atoms with van der Waals surface area (Å²) in [7, 11) is 2.27. The van der Waals surface area contributed by atoms with Gasteiger partial charge in [-0.3, -0.25) is 9.69 Å². The number of carbonyl (C=O) groups excluding carboxylic acids is 1. The number of carbonyl (C=O) groups is 1. The van der Waals surface area contributed by atoms with Gasteiger partial charge in [0.1, 0.15) is 5.82 Å². The van der Waals surface area contributed by atoms with Gasteiger partial charge in [0.05, 0.1) is 0 Å². The van der Waals surface area contributed by atoms with Crippen molar-refractivity contribution in [3.05, 3.63) is 65.9 Å². The molecule has 2 bridgehead atoms. The van der Waals surface area contributed by atoms with Gasteiger partial charge >= 0.3 is 0 Å².